The van der Waals surface area contributed by atoms with Crippen LogP contribution in [0.15, 0.2) is 85.0 Å². The van der Waals surface area contributed by atoms with E-state index in [9.17, 15) is 68.4 Å². The fraction of sp³-hybridized carbons (Fsp3) is 0.534. The van der Waals surface area contributed by atoms with Crippen molar-refractivity contribution in [3.8, 4) is 17.2 Å². The number of nitrogens with one attached hydrogen (secondary N) is 2. The van der Waals surface area contributed by atoms with Crippen LogP contribution in [0.2, 0.25) is 0 Å². The number of hydrogen-bond donors (Lipinski definition) is 7. The van der Waals surface area contributed by atoms with Crippen molar-refractivity contribution in [2.24, 2.45) is 17.6 Å². The number of nitrogens with two attached hydrogens (primary N) is 1. The van der Waals surface area contributed by atoms with Crippen LogP contribution in [-0.2, 0) is 53.1 Å². The zero-order valence-corrected chi connectivity index (χ0v) is 59.7. The van der Waals surface area contributed by atoms with Crippen LogP contribution >= 0.6 is 21.6 Å². The Morgan fingerprint density at radius 1 is 0.725 bits per heavy atom. The number of methoxy groups -OCH3 is 1. The number of urea groups is 1. The Bertz CT molecular complexity index is 3640. The molecule has 102 heavy (non-hydrogen) atoms. The van der Waals surface area contributed by atoms with E-state index in [1.54, 1.807) is 35.1 Å². The Kier molecular flexibility index (Phi) is 27.5. The molecule has 3 aromatic carbocycles. The molecule has 5 heterocycles. The monoisotopic (exact) mass is 1450 g/mol. The minimum absolute atomic E-state index is 0.00624. The summed E-state index contributed by atoms with van der Waals surface area (Å²) in [5.41, 5.74) is 8.15. The van der Waals surface area contributed by atoms with Gasteiger partial charge in [0.1, 0.15) is 24.7 Å². The number of rotatable bonds is 36. The van der Waals surface area contributed by atoms with Crippen LogP contribution in [0.1, 0.15) is 154 Å². The van der Waals surface area contributed by atoms with Gasteiger partial charge in [0.05, 0.1) is 78.9 Å². The van der Waals surface area contributed by atoms with Gasteiger partial charge < -0.3 is 70.3 Å². The molecule has 0 radical (unpaired) electrons. The van der Waals surface area contributed by atoms with Gasteiger partial charge >= 0.3 is 18.2 Å². The van der Waals surface area contributed by atoms with Crippen molar-refractivity contribution in [1.82, 2.24) is 25.3 Å². The number of Topliss-reactive ketones (excluding diaryl/α,β-unsaturated/α-hetero) is 2. The summed E-state index contributed by atoms with van der Waals surface area (Å²) in [6, 6.07) is 9.06. The molecule has 0 bridgehead atoms. The smallest absolute Gasteiger partial charge is 0.416 e. The van der Waals surface area contributed by atoms with Crippen molar-refractivity contribution in [1.29, 1.82) is 0 Å². The molecule has 0 spiro atoms. The number of nitrogens with zero attached hydrogens (tertiary/aromatic N) is 5. The van der Waals surface area contributed by atoms with Gasteiger partial charge in [-0.3, -0.25) is 38.5 Å². The van der Waals surface area contributed by atoms with E-state index in [1.807, 2.05) is 13.8 Å². The lowest BCUT2D eigenvalue weighted by atomic mass is 9.88. The molecule has 0 aromatic heterocycles. The van der Waals surface area contributed by atoms with Crippen molar-refractivity contribution < 1.29 is 92.1 Å². The summed E-state index contributed by atoms with van der Waals surface area (Å²) in [6.07, 6.45) is 5.07. The highest BCUT2D eigenvalue weighted by molar-refractivity contribution is 8.77. The third kappa shape index (κ3) is 19.2. The molecule has 9 rings (SSSR count). The Labute approximate surface area is 601 Å². The van der Waals surface area contributed by atoms with E-state index in [1.165, 1.54) is 64.1 Å². The summed E-state index contributed by atoms with van der Waals surface area (Å²) >= 11 is 0. The van der Waals surface area contributed by atoms with Gasteiger partial charge in [-0.2, -0.15) is 0 Å². The maximum atomic E-state index is 14.4. The Morgan fingerprint density at radius 2 is 1.30 bits per heavy atom. The van der Waals surface area contributed by atoms with Gasteiger partial charge in [-0.25, -0.2) is 24.2 Å². The molecule has 6 atom stereocenters. The van der Waals surface area contributed by atoms with E-state index in [0.29, 0.717) is 67.4 Å². The minimum atomic E-state index is -1.61. The average Bonchev–Trinajstić information content (AvgIpc) is 1.59. The molecule has 29 heteroatoms. The zero-order chi connectivity index (χ0) is 73.4. The van der Waals surface area contributed by atoms with E-state index < -0.39 is 79.0 Å². The SMILES string of the molecule is C=C1C[C@H]2C(O)N(C(=O)OCc3ccc(CC(=O)[C@H](CCCNC(N)=O)NC(=O)[C@@H](CC(=O)CCCCCN4C(=O)C=CC4=O)C(C)C)cc3)c3cc(OCCCCCOc4cc5c(cc4OC)C(=O)N4CC(=C)C[C@H]4C(O)N5C(=O)OCC4(SSCCO)CCCC4)c(CO)cc3C(=O)N2C1. The summed E-state index contributed by atoms with van der Waals surface area (Å²) in [5.74, 6) is -2.54. The first kappa shape index (κ1) is 77.7. The number of carbonyl (C=O) groups excluding carboxylic acids is 10. The second-order valence-electron chi connectivity index (χ2n) is 27.0. The number of unbranched alkanes of at least 4 members (excludes halogenated alkanes) is 4. The Hall–Kier alpha value is -8.48. The molecule has 1 saturated carbocycles. The third-order valence-corrected chi connectivity index (χ3v) is 22.5. The highest BCUT2D eigenvalue weighted by Crippen LogP contribution is 2.49. The summed E-state index contributed by atoms with van der Waals surface area (Å²) in [4.78, 5) is 140. The highest BCUT2D eigenvalue weighted by Gasteiger charge is 2.49. The van der Waals surface area contributed by atoms with Crippen LogP contribution in [0.5, 0.6) is 17.2 Å². The predicted octanol–water partition coefficient (Wildman–Crippen LogP) is 7.56. The van der Waals surface area contributed by atoms with Crippen molar-refractivity contribution in [3.05, 3.63) is 113 Å². The predicted molar refractivity (Wildman–Crippen MR) is 380 cm³/mol. The van der Waals surface area contributed by atoms with E-state index in [0.717, 1.165) is 46.0 Å². The van der Waals surface area contributed by atoms with E-state index >= 15 is 0 Å². The molecule has 5 aliphatic heterocycles. The van der Waals surface area contributed by atoms with Crippen molar-refractivity contribution in [2.75, 3.05) is 75.3 Å². The van der Waals surface area contributed by atoms with Gasteiger partial charge in [-0.05, 0) is 99.8 Å². The van der Waals surface area contributed by atoms with E-state index in [-0.39, 0.29) is 177 Å². The van der Waals surface area contributed by atoms with Crippen LogP contribution in [-0.4, -0.2) is 195 Å². The van der Waals surface area contributed by atoms with Crippen LogP contribution in [0.3, 0.4) is 0 Å². The minimum Gasteiger partial charge on any atom is -0.493 e. The molecular formula is C73H94N8O19S2. The van der Waals surface area contributed by atoms with Gasteiger partial charge in [0.25, 0.3) is 23.6 Å². The first-order valence-electron chi connectivity index (χ1n) is 34.8. The number of ether oxygens (including phenoxy) is 5. The number of aliphatic hydroxyl groups is 4. The normalized spacial score (nSPS) is 19.6. The number of aliphatic hydroxyl groups excluding tert-OH is 4. The molecule has 1 aliphatic carbocycles. The fourth-order valence-electron chi connectivity index (χ4n) is 13.7. The van der Waals surface area contributed by atoms with Crippen LogP contribution in [0.4, 0.5) is 25.8 Å². The molecule has 2 unspecified atom stereocenters. The van der Waals surface area contributed by atoms with Gasteiger partial charge in [0.2, 0.25) is 5.91 Å². The number of amides is 9. The number of anilines is 2. The number of hydrogen-bond acceptors (Lipinski definition) is 21. The molecule has 8 N–H and O–H groups in total. The maximum Gasteiger partial charge on any atom is 0.416 e. The van der Waals surface area contributed by atoms with Gasteiger partial charge in [-0.15, -0.1) is 0 Å². The molecule has 6 aliphatic rings. The highest BCUT2D eigenvalue weighted by atomic mass is 33.1. The van der Waals surface area contributed by atoms with Gasteiger partial charge in [0.15, 0.2) is 29.7 Å². The lowest BCUT2D eigenvalue weighted by Gasteiger charge is -2.33. The second-order valence-corrected chi connectivity index (χ2v) is 29.9. The van der Waals surface area contributed by atoms with Gasteiger partial charge in [0, 0.05) is 87.0 Å². The Morgan fingerprint density at radius 3 is 1.89 bits per heavy atom. The first-order valence-corrected chi connectivity index (χ1v) is 37.2. The molecule has 3 aromatic rings. The van der Waals surface area contributed by atoms with Crippen molar-refractivity contribution in [2.45, 2.75) is 172 Å². The molecule has 2 saturated heterocycles. The van der Waals surface area contributed by atoms with Crippen LogP contribution < -0.4 is 40.4 Å². The lowest BCUT2D eigenvalue weighted by Crippen LogP contribution is -2.51. The fourth-order valence-corrected chi connectivity index (χ4v) is 16.5. The first-order chi connectivity index (χ1) is 48.9. The molecule has 3 fully saturated rings. The number of imide groups is 1. The summed E-state index contributed by atoms with van der Waals surface area (Å²) in [7, 11) is 4.54. The number of carbonyl (C=O) groups is 10. The summed E-state index contributed by atoms with van der Waals surface area (Å²) < 4.78 is 29.8. The number of ketones is 2. The molecular weight excluding hydrogens is 1360 g/mol. The van der Waals surface area contributed by atoms with Crippen LogP contribution in [0, 0.1) is 11.8 Å². The Balaban J connectivity index is 0.814. The molecule has 552 valence electrons. The lowest BCUT2D eigenvalue weighted by molar-refractivity contribution is -0.137. The maximum absolute atomic E-state index is 14.4. The van der Waals surface area contributed by atoms with Crippen molar-refractivity contribution >= 4 is 92.3 Å². The topological polar surface area (TPSA) is 364 Å². The van der Waals surface area contributed by atoms with Gasteiger partial charge in [-0.1, -0.05) is 103 Å². The second kappa shape index (κ2) is 36.1. The third-order valence-electron chi connectivity index (χ3n) is 19.3. The largest absolute Gasteiger partial charge is 0.493 e. The quantitative estimate of drug-likeness (QED) is 0.0128. The number of benzene rings is 3. The standard InChI is InChI=1S/C73H94N8O19S2/c1-44(2)51(35-50(84)15-8-6-11-26-77-63(86)21-22-64(77)87)65(88)76-54(16-14-25-75-70(74)93)59(85)33-47-17-19-48(20-18-47)42-99-71(94)80-55-37-60(49(41-83)34-52(55)66(89)78-39-45(3)31-57(78)68(80)91)97-28-12-7-13-29-98-62-38-56-53(36-61(62)96-5)67(90)79-40-46(4)32-58(79)69(92)81(56)72(95)100-43-73(23-9-10-24-73)102-101-30-27-82/h17-22,34,36-38,44,51,54,57-58,68-69,82-83,91-92H,3-4,6-16,23-33,35,39-43H2,1-2,5H3,(H,76,88)(H3,74,75,93)/t51-,54-,57-,58-,68?,69?/m0/s1. The zero-order valence-electron chi connectivity index (χ0n) is 58.1. The summed E-state index contributed by atoms with van der Waals surface area (Å²) in [5, 5.41) is 49.5. The average molecular weight is 1450 g/mol. The van der Waals surface area contributed by atoms with E-state index in [2.05, 4.69) is 23.8 Å². The molecule has 27 nitrogen and oxygen atoms in total. The van der Waals surface area contributed by atoms with E-state index in [4.69, 9.17) is 29.4 Å². The number of primary amides is 1. The molecule has 9 amide bonds. The summed E-state index contributed by atoms with van der Waals surface area (Å²) in [6.45, 7) is 11.9. The number of fused-ring (bicyclic) bond motifs is 4. The van der Waals surface area contributed by atoms with Crippen molar-refractivity contribution in [3.63, 3.8) is 0 Å². The van der Waals surface area contributed by atoms with Crippen LogP contribution in [0.25, 0.3) is 0 Å².